The minimum Gasteiger partial charge on any atom is -0.349 e. The Labute approximate surface area is 138 Å². The Bertz CT molecular complexity index is 658. The summed E-state index contributed by atoms with van der Waals surface area (Å²) in [6.07, 6.45) is 1.75. The van der Waals surface area contributed by atoms with E-state index >= 15 is 0 Å². The molecule has 0 radical (unpaired) electrons. The van der Waals surface area contributed by atoms with Crippen LogP contribution >= 0.6 is 0 Å². The van der Waals surface area contributed by atoms with E-state index in [9.17, 15) is 13.2 Å². The maximum atomic E-state index is 12.4. The van der Waals surface area contributed by atoms with Gasteiger partial charge in [-0.2, -0.15) is 0 Å². The van der Waals surface area contributed by atoms with E-state index < -0.39 is 10.0 Å². The van der Waals surface area contributed by atoms with E-state index in [1.54, 1.807) is 26.0 Å². The number of piperidine rings is 1. The van der Waals surface area contributed by atoms with Gasteiger partial charge in [0.2, 0.25) is 10.0 Å². The molecule has 1 fully saturated rings. The molecule has 128 valence electrons. The molecule has 2 rings (SSSR count). The van der Waals surface area contributed by atoms with Crippen molar-refractivity contribution in [2.45, 2.75) is 56.6 Å². The van der Waals surface area contributed by atoms with Crippen molar-refractivity contribution < 1.29 is 13.2 Å². The quantitative estimate of drug-likeness (QED) is 0.753. The summed E-state index contributed by atoms with van der Waals surface area (Å²) in [4.78, 5) is 12.5. The fraction of sp³-hybridized carbons (Fsp3) is 0.562. The zero-order valence-electron chi connectivity index (χ0n) is 13.8. The SMILES string of the molecule is CC(C)NS(=O)(=O)c1cccc(C(=O)NC2CCNC(C)C2)c1. The number of carbonyl (C=O) groups excluding carboxylic acids is 1. The van der Waals surface area contributed by atoms with Crippen LogP contribution in [0.1, 0.15) is 44.0 Å². The number of sulfonamides is 1. The number of carbonyl (C=O) groups is 1. The van der Waals surface area contributed by atoms with Crippen molar-refractivity contribution in [1.29, 1.82) is 0 Å². The van der Waals surface area contributed by atoms with Crippen LogP contribution in [0, 0.1) is 0 Å². The number of amides is 1. The first-order valence-corrected chi connectivity index (χ1v) is 9.43. The van der Waals surface area contributed by atoms with E-state index in [4.69, 9.17) is 0 Å². The van der Waals surface area contributed by atoms with Gasteiger partial charge in [-0.15, -0.1) is 0 Å². The van der Waals surface area contributed by atoms with Gasteiger partial charge in [0.15, 0.2) is 0 Å². The van der Waals surface area contributed by atoms with Crippen LogP contribution in [-0.2, 0) is 10.0 Å². The first kappa shape index (κ1) is 17.9. The largest absolute Gasteiger partial charge is 0.349 e. The summed E-state index contributed by atoms with van der Waals surface area (Å²) < 4.78 is 26.9. The molecule has 0 saturated carbocycles. The summed E-state index contributed by atoms with van der Waals surface area (Å²) in [6, 6.07) is 6.43. The first-order valence-electron chi connectivity index (χ1n) is 7.94. The molecule has 3 N–H and O–H groups in total. The Hall–Kier alpha value is -1.44. The van der Waals surface area contributed by atoms with Crippen molar-refractivity contribution in [2.75, 3.05) is 6.54 Å². The van der Waals surface area contributed by atoms with Gasteiger partial charge in [-0.1, -0.05) is 6.07 Å². The molecule has 7 heteroatoms. The molecular formula is C16H25N3O3S. The van der Waals surface area contributed by atoms with Gasteiger partial charge in [0.05, 0.1) is 4.90 Å². The molecule has 0 aliphatic carbocycles. The molecule has 2 unspecified atom stereocenters. The molecule has 1 aromatic carbocycles. The van der Waals surface area contributed by atoms with Gasteiger partial charge in [-0.25, -0.2) is 13.1 Å². The molecule has 0 bridgehead atoms. The highest BCUT2D eigenvalue weighted by atomic mass is 32.2. The van der Waals surface area contributed by atoms with Crippen LogP contribution in [0.25, 0.3) is 0 Å². The minimum absolute atomic E-state index is 0.109. The number of nitrogens with one attached hydrogen (secondary N) is 3. The Balaban J connectivity index is 2.11. The molecule has 0 spiro atoms. The number of hydrogen-bond acceptors (Lipinski definition) is 4. The fourth-order valence-electron chi connectivity index (χ4n) is 2.71. The van der Waals surface area contributed by atoms with Gasteiger partial charge in [0.1, 0.15) is 0 Å². The summed E-state index contributed by atoms with van der Waals surface area (Å²) >= 11 is 0. The summed E-state index contributed by atoms with van der Waals surface area (Å²) in [6.45, 7) is 6.47. The first-order chi connectivity index (χ1) is 10.8. The highest BCUT2D eigenvalue weighted by Crippen LogP contribution is 2.14. The number of rotatable bonds is 5. The van der Waals surface area contributed by atoms with E-state index in [-0.39, 0.29) is 22.9 Å². The van der Waals surface area contributed by atoms with Gasteiger partial charge in [-0.05, 0) is 58.4 Å². The second-order valence-corrected chi connectivity index (χ2v) is 8.07. The summed E-state index contributed by atoms with van der Waals surface area (Å²) in [7, 11) is -3.60. The van der Waals surface area contributed by atoms with Crippen LogP contribution in [0.4, 0.5) is 0 Å². The van der Waals surface area contributed by atoms with Crippen LogP contribution in [0.2, 0.25) is 0 Å². The third-order valence-corrected chi connectivity index (χ3v) is 5.41. The lowest BCUT2D eigenvalue weighted by atomic mass is 10.0. The Morgan fingerprint density at radius 2 is 2.09 bits per heavy atom. The van der Waals surface area contributed by atoms with Crippen molar-refractivity contribution in [2.24, 2.45) is 0 Å². The molecule has 23 heavy (non-hydrogen) atoms. The molecule has 1 aromatic rings. The zero-order chi connectivity index (χ0) is 17.0. The standard InChI is InChI=1S/C16H25N3O3S/c1-11(2)19-23(21,22)15-6-4-5-13(10-15)16(20)18-14-7-8-17-12(3)9-14/h4-6,10-12,14,17,19H,7-9H2,1-3H3,(H,18,20). The van der Waals surface area contributed by atoms with E-state index in [1.165, 1.54) is 12.1 Å². The summed E-state index contributed by atoms with van der Waals surface area (Å²) in [5.41, 5.74) is 0.364. The second kappa shape index (κ2) is 7.42. The molecular weight excluding hydrogens is 314 g/mol. The van der Waals surface area contributed by atoms with E-state index in [0.29, 0.717) is 11.6 Å². The fourth-order valence-corrected chi connectivity index (χ4v) is 4.01. The third-order valence-electron chi connectivity index (χ3n) is 3.76. The molecule has 2 atom stereocenters. The van der Waals surface area contributed by atoms with Crippen LogP contribution in [0.15, 0.2) is 29.2 Å². The second-order valence-electron chi connectivity index (χ2n) is 6.35. The predicted molar refractivity (Wildman–Crippen MR) is 89.9 cm³/mol. The van der Waals surface area contributed by atoms with Crippen LogP contribution < -0.4 is 15.4 Å². The Morgan fingerprint density at radius 1 is 1.35 bits per heavy atom. The molecule has 6 nitrogen and oxygen atoms in total. The minimum atomic E-state index is -3.60. The topological polar surface area (TPSA) is 87.3 Å². The van der Waals surface area contributed by atoms with E-state index in [1.807, 2.05) is 0 Å². The van der Waals surface area contributed by atoms with Gasteiger partial charge >= 0.3 is 0 Å². The van der Waals surface area contributed by atoms with Gasteiger partial charge < -0.3 is 10.6 Å². The van der Waals surface area contributed by atoms with Gasteiger partial charge in [0.25, 0.3) is 5.91 Å². The average molecular weight is 339 g/mol. The van der Waals surface area contributed by atoms with Gasteiger partial charge in [-0.3, -0.25) is 4.79 Å². The lowest BCUT2D eigenvalue weighted by Crippen LogP contribution is -2.46. The molecule has 1 aliphatic heterocycles. The summed E-state index contributed by atoms with van der Waals surface area (Å²) in [5.74, 6) is -0.231. The van der Waals surface area contributed by atoms with Crippen LogP contribution in [-0.4, -0.2) is 39.0 Å². The molecule has 1 saturated heterocycles. The molecule has 1 amide bonds. The molecule has 1 aliphatic rings. The molecule has 1 heterocycles. The number of benzene rings is 1. The highest BCUT2D eigenvalue weighted by Gasteiger charge is 2.22. The maximum absolute atomic E-state index is 12.4. The third kappa shape index (κ3) is 5.02. The highest BCUT2D eigenvalue weighted by molar-refractivity contribution is 7.89. The lowest BCUT2D eigenvalue weighted by molar-refractivity contribution is 0.0925. The van der Waals surface area contributed by atoms with Crippen molar-refractivity contribution in [3.63, 3.8) is 0 Å². The Morgan fingerprint density at radius 3 is 2.74 bits per heavy atom. The summed E-state index contributed by atoms with van der Waals surface area (Å²) in [5, 5.41) is 6.32. The maximum Gasteiger partial charge on any atom is 0.251 e. The predicted octanol–water partition coefficient (Wildman–Crippen LogP) is 1.24. The van der Waals surface area contributed by atoms with Crippen LogP contribution in [0.3, 0.4) is 0 Å². The van der Waals surface area contributed by atoms with Crippen LogP contribution in [0.5, 0.6) is 0 Å². The van der Waals surface area contributed by atoms with Crippen molar-refractivity contribution in [1.82, 2.24) is 15.4 Å². The van der Waals surface area contributed by atoms with Crippen molar-refractivity contribution >= 4 is 15.9 Å². The van der Waals surface area contributed by atoms with E-state index in [0.717, 1.165) is 19.4 Å². The smallest absolute Gasteiger partial charge is 0.251 e. The number of hydrogen-bond donors (Lipinski definition) is 3. The van der Waals surface area contributed by atoms with Crippen molar-refractivity contribution in [3.05, 3.63) is 29.8 Å². The monoisotopic (exact) mass is 339 g/mol. The normalized spacial score (nSPS) is 22.1. The Kier molecular flexibility index (Phi) is 5.78. The zero-order valence-corrected chi connectivity index (χ0v) is 14.6. The lowest BCUT2D eigenvalue weighted by Gasteiger charge is -2.28. The van der Waals surface area contributed by atoms with E-state index in [2.05, 4.69) is 22.3 Å². The van der Waals surface area contributed by atoms with Gasteiger partial charge in [0, 0.05) is 23.7 Å². The molecule has 0 aromatic heterocycles. The van der Waals surface area contributed by atoms with Crippen molar-refractivity contribution in [3.8, 4) is 0 Å². The average Bonchev–Trinajstić information content (AvgIpc) is 2.46.